The fourth-order valence-electron chi connectivity index (χ4n) is 9.90. The van der Waals surface area contributed by atoms with Crippen molar-refractivity contribution < 1.29 is 13.2 Å². The summed E-state index contributed by atoms with van der Waals surface area (Å²) in [6, 6.07) is 68.6. The van der Waals surface area contributed by atoms with Gasteiger partial charge in [0, 0.05) is 49.4 Å². The molecule has 0 bridgehead atoms. The molecule has 0 spiro atoms. The first-order valence-corrected chi connectivity index (χ1v) is 22.6. The SMILES string of the molecule is [C-]#[N+]c1cccc(C(F)(F)F)c1-c1cc(-n2c3ccccc3c3ccc(-c4cccc(-c5ccccc5)n4)cc32)c(C#N)cc1-n1c2ccccc2c2ccc(-c3cccc(-c4ccccc4)n3)cc21. The van der Waals surface area contributed by atoms with Crippen molar-refractivity contribution in [3.8, 4) is 73.6 Å². The lowest BCUT2D eigenvalue weighted by atomic mass is 9.93. The second-order valence-corrected chi connectivity index (χ2v) is 17.0. The minimum Gasteiger partial charge on any atom is -0.309 e. The number of alkyl halides is 3. The van der Waals surface area contributed by atoms with Gasteiger partial charge in [-0.1, -0.05) is 152 Å². The van der Waals surface area contributed by atoms with Crippen LogP contribution in [-0.2, 0) is 6.18 Å². The largest absolute Gasteiger partial charge is 0.415 e. The van der Waals surface area contributed by atoms with E-state index in [2.05, 4.69) is 10.9 Å². The third-order valence-electron chi connectivity index (χ3n) is 13.0. The van der Waals surface area contributed by atoms with Gasteiger partial charge in [-0.3, -0.25) is 0 Å². The minimum atomic E-state index is -4.84. The molecule has 9 heteroatoms. The standard InChI is InChI=1S/C61H35F3N6/c1-66-53-26-12-21-48(61(62,63)64)60(53)47-36-56(69-54-27-10-8-19-43(54)45-31-29-40(33-57(45)69)51-24-13-22-49(67-51)38-15-4-2-5-16-38)42(37-65)35-59(47)70-55-28-11-9-20-44(55)46-32-30-41(34-58(46)70)52-25-14-23-50(68-52)39-17-6-3-7-18-39/h2-36H. The fourth-order valence-corrected chi connectivity index (χ4v) is 9.90. The Bertz CT molecular complexity index is 4140. The zero-order valence-electron chi connectivity index (χ0n) is 37.0. The Kier molecular flexibility index (Phi) is 9.94. The summed E-state index contributed by atoms with van der Waals surface area (Å²) in [5.74, 6) is 0. The van der Waals surface area contributed by atoms with E-state index < -0.39 is 11.7 Å². The van der Waals surface area contributed by atoms with Crippen molar-refractivity contribution in [2.45, 2.75) is 6.18 Å². The summed E-state index contributed by atoms with van der Waals surface area (Å²) in [7, 11) is 0. The number of fused-ring (bicyclic) bond motifs is 6. The highest BCUT2D eigenvalue weighted by atomic mass is 19.4. The number of nitriles is 1. The van der Waals surface area contributed by atoms with E-state index in [-0.39, 0.29) is 22.4 Å². The van der Waals surface area contributed by atoms with E-state index in [1.165, 1.54) is 12.1 Å². The molecule has 0 unspecified atom stereocenters. The maximum atomic E-state index is 15.5. The lowest BCUT2D eigenvalue weighted by Gasteiger charge is -2.22. The average molecular weight is 909 g/mol. The molecular formula is C61H35F3N6. The van der Waals surface area contributed by atoms with Crippen LogP contribution >= 0.6 is 0 Å². The van der Waals surface area contributed by atoms with Crippen molar-refractivity contribution in [3.63, 3.8) is 0 Å². The monoisotopic (exact) mass is 908 g/mol. The number of halogens is 3. The van der Waals surface area contributed by atoms with Crippen molar-refractivity contribution in [3.05, 3.63) is 235 Å². The van der Waals surface area contributed by atoms with Crippen LogP contribution in [0, 0.1) is 17.9 Å². The molecule has 0 saturated carbocycles. The van der Waals surface area contributed by atoms with Crippen LogP contribution in [0.2, 0.25) is 0 Å². The summed E-state index contributed by atoms with van der Waals surface area (Å²) >= 11 is 0. The molecule has 0 aliphatic carbocycles. The summed E-state index contributed by atoms with van der Waals surface area (Å²) in [5.41, 5.74) is 9.00. The van der Waals surface area contributed by atoms with Crippen LogP contribution in [0.1, 0.15) is 11.1 Å². The van der Waals surface area contributed by atoms with E-state index in [4.69, 9.17) is 16.5 Å². The van der Waals surface area contributed by atoms with Gasteiger partial charge in [-0.25, -0.2) is 14.8 Å². The lowest BCUT2D eigenvalue weighted by Crippen LogP contribution is -2.10. The van der Waals surface area contributed by atoms with E-state index in [1.807, 2.05) is 191 Å². The molecule has 6 nitrogen and oxygen atoms in total. The number of aromatic nitrogens is 4. The van der Waals surface area contributed by atoms with Gasteiger partial charge in [0.15, 0.2) is 5.69 Å². The quantitative estimate of drug-likeness (QED) is 0.150. The van der Waals surface area contributed by atoms with Gasteiger partial charge in [-0.15, -0.1) is 0 Å². The normalized spacial score (nSPS) is 11.6. The van der Waals surface area contributed by atoms with Crippen LogP contribution in [0.15, 0.2) is 212 Å². The number of hydrogen-bond donors (Lipinski definition) is 0. The van der Waals surface area contributed by atoms with Crippen molar-refractivity contribution in [1.29, 1.82) is 5.26 Å². The first kappa shape index (κ1) is 41.8. The summed E-state index contributed by atoms with van der Waals surface area (Å²) in [6.07, 6.45) is -4.84. The van der Waals surface area contributed by atoms with Crippen molar-refractivity contribution in [1.82, 2.24) is 19.1 Å². The van der Waals surface area contributed by atoms with Crippen LogP contribution in [-0.4, -0.2) is 19.1 Å². The second kappa shape index (κ2) is 16.6. The van der Waals surface area contributed by atoms with Crippen LogP contribution in [0.25, 0.3) is 116 Å². The molecule has 0 radical (unpaired) electrons. The molecule has 12 aromatic rings. The predicted octanol–water partition coefficient (Wildman–Crippen LogP) is 16.4. The topological polar surface area (TPSA) is 63.8 Å². The third-order valence-corrected chi connectivity index (χ3v) is 13.0. The molecule has 0 aliphatic rings. The Labute approximate surface area is 399 Å². The Balaban J connectivity index is 1.16. The number of hydrogen-bond acceptors (Lipinski definition) is 3. The molecule has 0 aliphatic heterocycles. The zero-order valence-corrected chi connectivity index (χ0v) is 37.0. The number of pyridine rings is 2. The van der Waals surface area contributed by atoms with Crippen LogP contribution < -0.4 is 0 Å². The molecule has 0 amide bonds. The summed E-state index contributed by atoms with van der Waals surface area (Å²) < 4.78 is 50.4. The highest BCUT2D eigenvalue weighted by molar-refractivity contribution is 6.12. The molecule has 12 rings (SSSR count). The molecule has 0 saturated heterocycles. The second-order valence-electron chi connectivity index (χ2n) is 17.0. The van der Waals surface area contributed by atoms with Gasteiger partial charge in [0.25, 0.3) is 0 Å². The first-order valence-electron chi connectivity index (χ1n) is 22.6. The molecular weight excluding hydrogens is 874 g/mol. The van der Waals surface area contributed by atoms with Crippen molar-refractivity contribution in [2.24, 2.45) is 0 Å². The third kappa shape index (κ3) is 6.96. The van der Waals surface area contributed by atoms with Gasteiger partial charge in [0.2, 0.25) is 0 Å². The smallest absolute Gasteiger partial charge is 0.309 e. The lowest BCUT2D eigenvalue weighted by molar-refractivity contribution is -0.137. The van der Waals surface area contributed by atoms with E-state index in [9.17, 15) is 5.26 Å². The van der Waals surface area contributed by atoms with Crippen molar-refractivity contribution in [2.75, 3.05) is 0 Å². The first-order chi connectivity index (χ1) is 34.3. The highest BCUT2D eigenvalue weighted by Gasteiger charge is 2.36. The predicted molar refractivity (Wildman–Crippen MR) is 274 cm³/mol. The molecule has 70 heavy (non-hydrogen) atoms. The Morgan fingerprint density at radius 3 is 1.40 bits per heavy atom. The minimum absolute atomic E-state index is 0.129. The van der Waals surface area contributed by atoms with E-state index >= 15 is 13.2 Å². The van der Waals surface area contributed by atoms with Gasteiger partial charge in [0.05, 0.1) is 73.9 Å². The molecule has 0 atom stereocenters. The van der Waals surface area contributed by atoms with Gasteiger partial charge in [-0.2, -0.15) is 18.4 Å². The van der Waals surface area contributed by atoms with Gasteiger partial charge in [-0.05, 0) is 66.2 Å². The van der Waals surface area contributed by atoms with Crippen LogP contribution in [0.3, 0.4) is 0 Å². The van der Waals surface area contributed by atoms with E-state index in [0.717, 1.165) is 78.0 Å². The van der Waals surface area contributed by atoms with E-state index in [1.54, 1.807) is 12.1 Å². The van der Waals surface area contributed by atoms with Crippen LogP contribution in [0.5, 0.6) is 0 Å². The summed E-state index contributed by atoms with van der Waals surface area (Å²) in [5, 5.41) is 14.8. The summed E-state index contributed by atoms with van der Waals surface area (Å²) in [4.78, 5) is 13.8. The number of benzene rings is 8. The molecule has 4 heterocycles. The molecule has 8 aromatic carbocycles. The maximum Gasteiger partial charge on any atom is 0.415 e. The zero-order chi connectivity index (χ0) is 47.5. The molecule has 0 fully saturated rings. The molecule has 0 N–H and O–H groups in total. The van der Waals surface area contributed by atoms with Gasteiger partial charge >= 0.3 is 6.18 Å². The van der Waals surface area contributed by atoms with Gasteiger partial charge in [0.1, 0.15) is 6.07 Å². The Hall–Kier alpha value is -9.57. The van der Waals surface area contributed by atoms with Crippen LogP contribution in [0.4, 0.5) is 18.9 Å². The van der Waals surface area contributed by atoms with E-state index in [0.29, 0.717) is 28.1 Å². The Morgan fingerprint density at radius 1 is 0.443 bits per heavy atom. The molecule has 330 valence electrons. The number of rotatable bonds is 7. The fraction of sp³-hybridized carbons (Fsp3) is 0.0164. The Morgan fingerprint density at radius 2 is 0.900 bits per heavy atom. The van der Waals surface area contributed by atoms with Crippen molar-refractivity contribution >= 4 is 49.3 Å². The number of para-hydroxylation sites is 2. The van der Waals surface area contributed by atoms with Gasteiger partial charge < -0.3 is 9.13 Å². The molecule has 4 aromatic heterocycles. The summed E-state index contributed by atoms with van der Waals surface area (Å²) in [6.45, 7) is 8.29. The number of nitrogens with zero attached hydrogens (tertiary/aromatic N) is 6. The highest BCUT2D eigenvalue weighted by Crippen LogP contribution is 2.48. The maximum absolute atomic E-state index is 15.5. The average Bonchev–Trinajstić information content (AvgIpc) is 3.92.